The van der Waals surface area contributed by atoms with Crippen LogP contribution in [0.1, 0.15) is 6.42 Å². The lowest BCUT2D eigenvalue weighted by Crippen LogP contribution is -3.00. The molecule has 0 aliphatic carbocycles. The maximum Gasteiger partial charge on any atom is 0.247 e. The van der Waals surface area contributed by atoms with Gasteiger partial charge in [0.25, 0.3) is 0 Å². The zero-order chi connectivity index (χ0) is 13.1. The van der Waals surface area contributed by atoms with Crippen molar-refractivity contribution in [2.75, 3.05) is 17.2 Å². The molecule has 1 unspecified atom stereocenters. The number of nitrogens with two attached hydrogens (primary N) is 1. The minimum atomic E-state index is -0.396. The summed E-state index contributed by atoms with van der Waals surface area (Å²) in [7, 11) is 0. The van der Waals surface area contributed by atoms with E-state index in [9.17, 15) is 14.0 Å². The van der Waals surface area contributed by atoms with Crippen LogP contribution in [0.3, 0.4) is 0 Å². The van der Waals surface area contributed by atoms with E-state index in [2.05, 4.69) is 0 Å². The number of hydrogen-bond donors (Lipinski definition) is 1. The zero-order valence-corrected chi connectivity index (χ0v) is 11.6. The van der Waals surface area contributed by atoms with Gasteiger partial charge in [-0.1, -0.05) is 0 Å². The highest BCUT2D eigenvalue weighted by atomic mass is 35.5. The van der Waals surface area contributed by atoms with Gasteiger partial charge in [0.05, 0.1) is 10.9 Å². The standard InChI is InChI=1S/C12H13FN2O2S.ClH/c13-8-1-3-9(4-2-8)15-11(16)7-10(12(15)17)18-6-5-14;/h1-4,10H,5-7,14H2;1H/p-1. The molecule has 1 atom stereocenters. The zero-order valence-electron chi connectivity index (χ0n) is 10.0. The van der Waals surface area contributed by atoms with Gasteiger partial charge in [0.15, 0.2) is 0 Å². The molecule has 1 fully saturated rings. The van der Waals surface area contributed by atoms with Gasteiger partial charge in [-0.15, -0.1) is 11.8 Å². The van der Waals surface area contributed by atoms with E-state index in [0.29, 0.717) is 18.0 Å². The van der Waals surface area contributed by atoms with Gasteiger partial charge in [0, 0.05) is 18.7 Å². The molecule has 2 rings (SSSR count). The monoisotopic (exact) mass is 303 g/mol. The van der Waals surface area contributed by atoms with E-state index < -0.39 is 5.82 Å². The fourth-order valence-electron chi connectivity index (χ4n) is 1.81. The molecule has 0 radical (unpaired) electrons. The summed E-state index contributed by atoms with van der Waals surface area (Å²) in [5, 5.41) is -0.369. The molecule has 0 aromatic heterocycles. The maximum atomic E-state index is 12.8. The minimum absolute atomic E-state index is 0. The highest BCUT2D eigenvalue weighted by molar-refractivity contribution is 8.00. The molecule has 0 saturated carbocycles. The van der Waals surface area contributed by atoms with Crippen molar-refractivity contribution in [3.8, 4) is 0 Å². The smallest absolute Gasteiger partial charge is 0.247 e. The number of halogens is 2. The van der Waals surface area contributed by atoms with E-state index in [4.69, 9.17) is 5.73 Å². The van der Waals surface area contributed by atoms with Crippen LogP contribution in [0.4, 0.5) is 10.1 Å². The normalized spacial score (nSPS) is 18.6. The van der Waals surface area contributed by atoms with Crippen LogP contribution in [0, 0.1) is 5.82 Å². The third-order valence-electron chi connectivity index (χ3n) is 2.63. The summed E-state index contributed by atoms with van der Waals surface area (Å²) in [6, 6.07) is 5.33. The third kappa shape index (κ3) is 3.46. The second-order valence-corrected chi connectivity index (χ2v) is 5.21. The van der Waals surface area contributed by atoms with Crippen molar-refractivity contribution in [2.45, 2.75) is 11.7 Å². The van der Waals surface area contributed by atoms with Crippen LogP contribution >= 0.6 is 11.8 Å². The Morgan fingerprint density at radius 3 is 2.53 bits per heavy atom. The van der Waals surface area contributed by atoms with Crippen molar-refractivity contribution < 1.29 is 26.4 Å². The lowest BCUT2D eigenvalue weighted by atomic mass is 10.3. The summed E-state index contributed by atoms with van der Waals surface area (Å²) in [5.41, 5.74) is 5.80. The first-order valence-electron chi connectivity index (χ1n) is 5.57. The van der Waals surface area contributed by atoms with Crippen molar-refractivity contribution in [2.24, 2.45) is 5.73 Å². The number of imide groups is 1. The Hall–Kier alpha value is -1.11. The number of thioether (sulfide) groups is 1. The number of benzene rings is 1. The molecule has 2 amide bonds. The van der Waals surface area contributed by atoms with Gasteiger partial charge in [0.2, 0.25) is 11.8 Å². The molecule has 1 aliphatic heterocycles. The van der Waals surface area contributed by atoms with Crippen molar-refractivity contribution in [3.63, 3.8) is 0 Å². The second-order valence-electron chi connectivity index (χ2n) is 3.90. The summed E-state index contributed by atoms with van der Waals surface area (Å²) >= 11 is 1.39. The Balaban J connectivity index is 0.00000180. The molecule has 0 bridgehead atoms. The highest BCUT2D eigenvalue weighted by Gasteiger charge is 2.39. The molecule has 1 aromatic carbocycles. The van der Waals surface area contributed by atoms with Gasteiger partial charge in [-0.2, -0.15) is 0 Å². The fourth-order valence-corrected chi connectivity index (χ4v) is 2.74. The summed E-state index contributed by atoms with van der Waals surface area (Å²) in [5.74, 6) is -0.251. The second kappa shape index (κ2) is 6.88. The number of rotatable bonds is 4. The van der Waals surface area contributed by atoms with Crippen molar-refractivity contribution >= 4 is 29.3 Å². The van der Waals surface area contributed by atoms with E-state index in [1.54, 1.807) is 0 Å². The van der Waals surface area contributed by atoms with E-state index >= 15 is 0 Å². The van der Waals surface area contributed by atoms with Crippen LogP contribution in [0.5, 0.6) is 0 Å². The van der Waals surface area contributed by atoms with Crippen LogP contribution in [-0.2, 0) is 9.59 Å². The van der Waals surface area contributed by atoms with Gasteiger partial charge >= 0.3 is 0 Å². The van der Waals surface area contributed by atoms with Gasteiger partial charge in [-0.3, -0.25) is 9.59 Å². The van der Waals surface area contributed by atoms with Crippen LogP contribution < -0.4 is 23.0 Å². The molecular formula is C12H13ClFN2O2S-. The van der Waals surface area contributed by atoms with Crippen molar-refractivity contribution in [1.82, 2.24) is 0 Å². The maximum absolute atomic E-state index is 12.8. The van der Waals surface area contributed by atoms with Gasteiger partial charge in [-0.05, 0) is 24.3 Å². The first-order chi connectivity index (χ1) is 8.63. The lowest BCUT2D eigenvalue weighted by molar-refractivity contribution is -0.121. The van der Waals surface area contributed by atoms with Crippen LogP contribution in [0.15, 0.2) is 24.3 Å². The van der Waals surface area contributed by atoms with Gasteiger partial charge < -0.3 is 18.1 Å². The first-order valence-corrected chi connectivity index (χ1v) is 6.62. The van der Waals surface area contributed by atoms with Gasteiger partial charge in [0.1, 0.15) is 5.82 Å². The Bertz CT molecular complexity index is 469. The SMILES string of the molecule is NCCSC1CC(=O)N(c2ccc(F)cc2)C1=O.[Cl-]. The number of carbonyl (C=O) groups excluding carboxylic acids is 2. The third-order valence-corrected chi connectivity index (χ3v) is 3.87. The molecule has 2 N–H and O–H groups in total. The predicted octanol–water partition coefficient (Wildman–Crippen LogP) is -1.85. The summed E-state index contributed by atoms with van der Waals surface area (Å²) in [6.45, 7) is 0.471. The van der Waals surface area contributed by atoms with E-state index in [0.717, 1.165) is 4.90 Å². The molecule has 1 heterocycles. The Labute approximate surface area is 120 Å². The molecule has 1 aromatic rings. The molecule has 7 heteroatoms. The van der Waals surface area contributed by atoms with E-state index in [-0.39, 0.29) is 35.9 Å². The van der Waals surface area contributed by atoms with E-state index in [1.165, 1.54) is 36.0 Å². The number of nitrogens with zero attached hydrogens (tertiary/aromatic N) is 1. The molecule has 1 aliphatic rings. The molecule has 4 nitrogen and oxygen atoms in total. The number of amides is 2. The highest BCUT2D eigenvalue weighted by Crippen LogP contribution is 2.29. The van der Waals surface area contributed by atoms with E-state index in [1.807, 2.05) is 0 Å². The Morgan fingerprint density at radius 1 is 1.32 bits per heavy atom. The van der Waals surface area contributed by atoms with Crippen LogP contribution in [0.2, 0.25) is 0 Å². The molecular weight excluding hydrogens is 291 g/mol. The molecule has 1 saturated heterocycles. The van der Waals surface area contributed by atoms with Crippen LogP contribution in [0.25, 0.3) is 0 Å². The van der Waals surface area contributed by atoms with Gasteiger partial charge in [-0.25, -0.2) is 9.29 Å². The molecule has 104 valence electrons. The van der Waals surface area contributed by atoms with Crippen molar-refractivity contribution in [3.05, 3.63) is 30.1 Å². The topological polar surface area (TPSA) is 63.4 Å². The quantitative estimate of drug-likeness (QED) is 0.664. The Kier molecular flexibility index (Phi) is 5.78. The summed E-state index contributed by atoms with van der Waals surface area (Å²) in [4.78, 5) is 25.0. The lowest BCUT2D eigenvalue weighted by Gasteiger charge is -2.14. The fraction of sp³-hybridized carbons (Fsp3) is 0.333. The summed E-state index contributed by atoms with van der Waals surface area (Å²) < 4.78 is 12.8. The average molecular weight is 304 g/mol. The largest absolute Gasteiger partial charge is 1.00 e. The first kappa shape index (κ1) is 15.9. The Morgan fingerprint density at radius 2 is 1.95 bits per heavy atom. The molecule has 0 spiro atoms. The number of carbonyl (C=O) groups is 2. The number of anilines is 1. The average Bonchev–Trinajstić information content (AvgIpc) is 2.63. The predicted molar refractivity (Wildman–Crippen MR) is 68.8 cm³/mol. The number of hydrogen-bond acceptors (Lipinski definition) is 4. The summed E-state index contributed by atoms with van der Waals surface area (Å²) in [6.07, 6.45) is 0.181. The molecule has 19 heavy (non-hydrogen) atoms. The van der Waals surface area contributed by atoms with Crippen molar-refractivity contribution in [1.29, 1.82) is 0 Å². The van der Waals surface area contributed by atoms with Crippen LogP contribution in [-0.4, -0.2) is 29.4 Å². The minimum Gasteiger partial charge on any atom is -1.00 e.